The van der Waals surface area contributed by atoms with Crippen molar-refractivity contribution < 1.29 is 9.53 Å². The van der Waals surface area contributed by atoms with Gasteiger partial charge in [0.1, 0.15) is 5.60 Å². The van der Waals surface area contributed by atoms with E-state index in [4.69, 9.17) is 10.5 Å². The molecule has 0 unspecified atom stereocenters. The smallest absolute Gasteiger partial charge is 0.306 e. The summed E-state index contributed by atoms with van der Waals surface area (Å²) in [5, 5.41) is 0. The number of aromatic nitrogens is 1. The average molecular weight is 236 g/mol. The topological polar surface area (TPSA) is 65.2 Å². The summed E-state index contributed by atoms with van der Waals surface area (Å²) < 4.78 is 5.22. The molecule has 1 atom stereocenters. The summed E-state index contributed by atoms with van der Waals surface area (Å²) >= 11 is 0. The van der Waals surface area contributed by atoms with E-state index in [1.54, 1.807) is 12.4 Å². The summed E-state index contributed by atoms with van der Waals surface area (Å²) in [6.45, 7) is 5.56. The highest BCUT2D eigenvalue weighted by Gasteiger charge is 2.17. The van der Waals surface area contributed by atoms with Crippen LogP contribution in [-0.2, 0) is 9.53 Å². The Kier molecular flexibility index (Phi) is 4.63. The first-order valence-corrected chi connectivity index (χ1v) is 5.76. The fourth-order valence-electron chi connectivity index (χ4n) is 1.44. The third-order valence-electron chi connectivity index (χ3n) is 2.21. The quantitative estimate of drug-likeness (QED) is 0.814. The molecule has 1 aromatic heterocycles. The molecule has 0 saturated carbocycles. The number of carbonyl (C=O) groups is 1. The van der Waals surface area contributed by atoms with Crippen LogP contribution in [0.1, 0.15) is 45.2 Å². The number of esters is 1. The van der Waals surface area contributed by atoms with Crippen LogP contribution in [0, 0.1) is 0 Å². The molecule has 17 heavy (non-hydrogen) atoms. The number of carbonyl (C=O) groups excluding carboxylic acids is 1. The predicted octanol–water partition coefficient (Wildman–Crippen LogP) is 2.20. The van der Waals surface area contributed by atoms with Gasteiger partial charge >= 0.3 is 5.97 Å². The number of hydrogen-bond acceptors (Lipinski definition) is 4. The van der Waals surface area contributed by atoms with Gasteiger partial charge in [-0.2, -0.15) is 0 Å². The van der Waals surface area contributed by atoms with Gasteiger partial charge in [0.2, 0.25) is 0 Å². The molecule has 0 aliphatic heterocycles. The lowest BCUT2D eigenvalue weighted by molar-refractivity contribution is -0.155. The van der Waals surface area contributed by atoms with E-state index in [0.717, 1.165) is 5.56 Å². The van der Waals surface area contributed by atoms with Crippen molar-refractivity contribution in [2.75, 3.05) is 0 Å². The van der Waals surface area contributed by atoms with E-state index in [9.17, 15) is 4.79 Å². The van der Waals surface area contributed by atoms with Gasteiger partial charge in [-0.1, -0.05) is 0 Å². The van der Waals surface area contributed by atoms with Gasteiger partial charge in [0.05, 0.1) is 0 Å². The maximum Gasteiger partial charge on any atom is 0.306 e. The monoisotopic (exact) mass is 236 g/mol. The Labute approximate surface area is 102 Å². The standard InChI is InChI=1S/C13H20N2O2/c1-13(2,3)17-12(16)5-4-11(14)10-6-8-15-9-7-10/h6-9,11H,4-5,14H2,1-3H3/t11-/m0/s1. The zero-order valence-electron chi connectivity index (χ0n) is 10.6. The summed E-state index contributed by atoms with van der Waals surface area (Å²) in [6, 6.07) is 3.57. The predicted molar refractivity (Wildman–Crippen MR) is 66.2 cm³/mol. The minimum Gasteiger partial charge on any atom is -0.460 e. The zero-order valence-corrected chi connectivity index (χ0v) is 10.6. The van der Waals surface area contributed by atoms with Crippen LogP contribution in [-0.4, -0.2) is 16.6 Å². The van der Waals surface area contributed by atoms with Gasteiger partial charge in [0, 0.05) is 24.9 Å². The van der Waals surface area contributed by atoms with Gasteiger partial charge < -0.3 is 10.5 Å². The van der Waals surface area contributed by atoms with Crippen molar-refractivity contribution in [2.45, 2.75) is 45.3 Å². The largest absolute Gasteiger partial charge is 0.460 e. The molecule has 0 aliphatic carbocycles. The van der Waals surface area contributed by atoms with Crippen molar-refractivity contribution >= 4 is 5.97 Å². The van der Waals surface area contributed by atoms with Gasteiger partial charge in [-0.3, -0.25) is 9.78 Å². The molecule has 0 aromatic carbocycles. The van der Waals surface area contributed by atoms with Crippen molar-refractivity contribution in [3.8, 4) is 0 Å². The van der Waals surface area contributed by atoms with Crippen LogP contribution in [0.4, 0.5) is 0 Å². The van der Waals surface area contributed by atoms with Crippen LogP contribution in [0.3, 0.4) is 0 Å². The average Bonchev–Trinajstić information content (AvgIpc) is 2.25. The maximum atomic E-state index is 11.5. The highest BCUT2D eigenvalue weighted by atomic mass is 16.6. The van der Waals surface area contributed by atoms with E-state index in [1.807, 2.05) is 32.9 Å². The molecule has 0 saturated heterocycles. The van der Waals surface area contributed by atoms with Crippen LogP contribution < -0.4 is 5.73 Å². The van der Waals surface area contributed by atoms with Gasteiger partial charge in [-0.25, -0.2) is 0 Å². The molecular weight excluding hydrogens is 216 g/mol. The molecule has 0 amide bonds. The van der Waals surface area contributed by atoms with E-state index in [-0.39, 0.29) is 12.0 Å². The van der Waals surface area contributed by atoms with Gasteiger partial charge in [0.15, 0.2) is 0 Å². The van der Waals surface area contributed by atoms with E-state index >= 15 is 0 Å². The molecule has 4 nitrogen and oxygen atoms in total. The molecule has 1 heterocycles. The van der Waals surface area contributed by atoms with Crippen molar-refractivity contribution in [1.29, 1.82) is 0 Å². The third-order valence-corrected chi connectivity index (χ3v) is 2.21. The van der Waals surface area contributed by atoms with Crippen LogP contribution in [0.15, 0.2) is 24.5 Å². The molecular formula is C13H20N2O2. The first kappa shape index (κ1) is 13.6. The van der Waals surface area contributed by atoms with Crippen molar-refractivity contribution in [3.05, 3.63) is 30.1 Å². The number of nitrogens with zero attached hydrogens (tertiary/aromatic N) is 1. The third kappa shape index (κ3) is 5.45. The molecule has 1 aromatic rings. The van der Waals surface area contributed by atoms with Crippen LogP contribution >= 0.6 is 0 Å². The Hall–Kier alpha value is -1.42. The Morgan fingerprint density at radius 3 is 2.53 bits per heavy atom. The minimum absolute atomic E-state index is 0.148. The molecule has 2 N–H and O–H groups in total. The Morgan fingerprint density at radius 2 is 2.00 bits per heavy atom. The molecule has 0 bridgehead atoms. The van der Waals surface area contributed by atoms with E-state index in [0.29, 0.717) is 12.8 Å². The Bertz CT molecular complexity index is 357. The first-order chi connectivity index (χ1) is 7.88. The lowest BCUT2D eigenvalue weighted by Gasteiger charge is -2.20. The molecule has 0 fully saturated rings. The maximum absolute atomic E-state index is 11.5. The van der Waals surface area contributed by atoms with Crippen molar-refractivity contribution in [2.24, 2.45) is 5.73 Å². The second-order valence-electron chi connectivity index (χ2n) is 5.01. The zero-order chi connectivity index (χ0) is 12.9. The lowest BCUT2D eigenvalue weighted by atomic mass is 10.0. The fraction of sp³-hybridized carbons (Fsp3) is 0.538. The van der Waals surface area contributed by atoms with Crippen LogP contribution in [0.5, 0.6) is 0 Å². The van der Waals surface area contributed by atoms with Gasteiger partial charge in [-0.15, -0.1) is 0 Å². The summed E-state index contributed by atoms with van der Waals surface area (Å²) in [5.74, 6) is -0.206. The Balaban J connectivity index is 2.39. The van der Waals surface area contributed by atoms with Crippen LogP contribution in [0.2, 0.25) is 0 Å². The second kappa shape index (κ2) is 5.77. The summed E-state index contributed by atoms with van der Waals surface area (Å²) in [5.41, 5.74) is 6.53. The second-order valence-corrected chi connectivity index (χ2v) is 5.01. The molecule has 0 aliphatic rings. The number of nitrogens with two attached hydrogens (primary N) is 1. The summed E-state index contributed by atoms with van der Waals surface area (Å²) in [7, 11) is 0. The number of rotatable bonds is 4. The normalized spacial score (nSPS) is 13.2. The van der Waals surface area contributed by atoms with Gasteiger partial charge in [0.25, 0.3) is 0 Å². The van der Waals surface area contributed by atoms with E-state index in [1.165, 1.54) is 0 Å². The molecule has 4 heteroatoms. The fourth-order valence-corrected chi connectivity index (χ4v) is 1.44. The summed E-state index contributed by atoms with van der Waals surface area (Å²) in [4.78, 5) is 15.4. The van der Waals surface area contributed by atoms with Gasteiger partial charge in [-0.05, 0) is 44.9 Å². The molecule has 0 spiro atoms. The minimum atomic E-state index is -0.433. The molecule has 1 rings (SSSR count). The Morgan fingerprint density at radius 1 is 1.41 bits per heavy atom. The summed E-state index contributed by atoms with van der Waals surface area (Å²) in [6.07, 6.45) is 4.31. The first-order valence-electron chi connectivity index (χ1n) is 5.76. The number of hydrogen-bond donors (Lipinski definition) is 1. The highest BCUT2D eigenvalue weighted by molar-refractivity contribution is 5.69. The highest BCUT2D eigenvalue weighted by Crippen LogP contribution is 2.16. The van der Waals surface area contributed by atoms with Crippen LogP contribution in [0.25, 0.3) is 0 Å². The van der Waals surface area contributed by atoms with Crippen molar-refractivity contribution in [3.63, 3.8) is 0 Å². The van der Waals surface area contributed by atoms with E-state index < -0.39 is 5.60 Å². The van der Waals surface area contributed by atoms with E-state index in [2.05, 4.69) is 4.98 Å². The molecule has 0 radical (unpaired) electrons. The van der Waals surface area contributed by atoms with Crippen molar-refractivity contribution in [1.82, 2.24) is 4.98 Å². The lowest BCUT2D eigenvalue weighted by Crippen LogP contribution is -2.24. The SMILES string of the molecule is CC(C)(C)OC(=O)CC[C@H](N)c1ccncc1. The molecule has 94 valence electrons. The number of pyridine rings is 1. The number of ether oxygens (including phenoxy) is 1.